The van der Waals surface area contributed by atoms with E-state index in [4.69, 9.17) is 5.73 Å². The quantitative estimate of drug-likeness (QED) is 0.870. The number of rotatable bonds is 3. The fraction of sp³-hybridized carbons (Fsp3) is 0.400. The molecule has 1 saturated heterocycles. The normalized spacial score (nSPS) is 17.3. The zero-order valence-electron chi connectivity index (χ0n) is 11.8. The molecule has 6 nitrogen and oxygen atoms in total. The summed E-state index contributed by atoms with van der Waals surface area (Å²) in [5.41, 5.74) is 5.22. The van der Waals surface area contributed by atoms with E-state index in [0.29, 0.717) is 37.1 Å². The summed E-state index contributed by atoms with van der Waals surface area (Å²) in [6.07, 6.45) is 0.876. The minimum absolute atomic E-state index is 0.154. The van der Waals surface area contributed by atoms with Gasteiger partial charge in [-0.2, -0.15) is 0 Å². The molecule has 21 heavy (non-hydrogen) atoms. The summed E-state index contributed by atoms with van der Waals surface area (Å²) in [4.78, 5) is 36.1. The van der Waals surface area contributed by atoms with Gasteiger partial charge in [-0.3, -0.25) is 14.4 Å². The molecule has 0 aromatic heterocycles. The average Bonchev–Trinajstić information content (AvgIpc) is 2.47. The number of hydrogen-bond acceptors (Lipinski definition) is 3. The number of aliphatic carboxylic acids is 1. The van der Waals surface area contributed by atoms with Crippen LogP contribution in [0.2, 0.25) is 0 Å². The molecule has 0 bridgehead atoms. The highest BCUT2D eigenvalue weighted by atomic mass is 16.4. The number of carbonyl (C=O) groups excluding carboxylic acids is 2. The second kappa shape index (κ2) is 5.55. The van der Waals surface area contributed by atoms with Crippen LogP contribution in [0.15, 0.2) is 24.3 Å². The van der Waals surface area contributed by atoms with Gasteiger partial charge in [0.15, 0.2) is 0 Å². The molecule has 1 fully saturated rings. The number of nitrogens with zero attached hydrogens (tertiary/aromatic N) is 1. The van der Waals surface area contributed by atoms with E-state index in [0.717, 1.165) is 0 Å². The Kier molecular flexibility index (Phi) is 3.97. The number of hydrogen-bond donors (Lipinski definition) is 2. The summed E-state index contributed by atoms with van der Waals surface area (Å²) in [6.45, 7) is 2.54. The molecule has 0 saturated carbocycles. The van der Waals surface area contributed by atoms with Crippen LogP contribution in [0.1, 0.15) is 40.5 Å². The summed E-state index contributed by atoms with van der Waals surface area (Å²) in [5, 5.41) is 9.17. The van der Waals surface area contributed by atoms with Gasteiger partial charge < -0.3 is 15.7 Å². The summed E-state index contributed by atoms with van der Waals surface area (Å²) in [5.74, 6) is -1.51. The van der Waals surface area contributed by atoms with Crippen LogP contribution in [0.5, 0.6) is 0 Å². The topological polar surface area (TPSA) is 101 Å². The second-order valence-corrected chi connectivity index (χ2v) is 5.60. The molecule has 0 aliphatic carbocycles. The number of benzene rings is 1. The number of carboxylic acid groups (broad SMARTS) is 1. The Bertz CT molecular complexity index is 572. The fourth-order valence-electron chi connectivity index (χ4n) is 2.38. The van der Waals surface area contributed by atoms with Gasteiger partial charge in [0.2, 0.25) is 5.91 Å². The van der Waals surface area contributed by atoms with Gasteiger partial charge in [0.25, 0.3) is 5.91 Å². The monoisotopic (exact) mass is 290 g/mol. The lowest BCUT2D eigenvalue weighted by atomic mass is 9.80. The third-order valence-electron chi connectivity index (χ3n) is 4.09. The van der Waals surface area contributed by atoms with Crippen molar-refractivity contribution in [2.45, 2.75) is 19.8 Å². The molecule has 0 spiro atoms. The molecule has 0 unspecified atom stereocenters. The highest BCUT2D eigenvalue weighted by Gasteiger charge is 2.38. The number of likely N-dealkylation sites (tertiary alicyclic amines) is 1. The molecule has 1 aromatic rings. The number of amides is 2. The van der Waals surface area contributed by atoms with Crippen LogP contribution >= 0.6 is 0 Å². The van der Waals surface area contributed by atoms with Crippen molar-refractivity contribution in [3.8, 4) is 0 Å². The number of carbonyl (C=O) groups is 3. The van der Waals surface area contributed by atoms with Crippen molar-refractivity contribution in [2.24, 2.45) is 11.1 Å². The first-order valence-electron chi connectivity index (χ1n) is 6.76. The highest BCUT2D eigenvalue weighted by molar-refractivity contribution is 5.97. The Morgan fingerprint density at radius 2 is 1.57 bits per heavy atom. The molecule has 112 valence electrons. The molecule has 1 aliphatic rings. The first kappa shape index (κ1) is 15.0. The van der Waals surface area contributed by atoms with Crippen molar-refractivity contribution >= 4 is 17.8 Å². The fourth-order valence-corrected chi connectivity index (χ4v) is 2.38. The van der Waals surface area contributed by atoms with Crippen LogP contribution in [0.3, 0.4) is 0 Å². The molecule has 1 heterocycles. The smallest absolute Gasteiger partial charge is 0.309 e. The Labute approximate surface area is 122 Å². The maximum absolute atomic E-state index is 12.3. The Morgan fingerprint density at radius 3 is 2.00 bits per heavy atom. The van der Waals surface area contributed by atoms with Gasteiger partial charge in [-0.05, 0) is 44.0 Å². The van der Waals surface area contributed by atoms with Crippen LogP contribution in [0.25, 0.3) is 0 Å². The van der Waals surface area contributed by atoms with Crippen LogP contribution in [0.4, 0.5) is 0 Å². The minimum atomic E-state index is -0.819. The van der Waals surface area contributed by atoms with Crippen molar-refractivity contribution < 1.29 is 19.5 Å². The van der Waals surface area contributed by atoms with E-state index in [-0.39, 0.29) is 5.91 Å². The molecule has 3 N–H and O–H groups in total. The second-order valence-electron chi connectivity index (χ2n) is 5.60. The first-order chi connectivity index (χ1) is 9.83. The maximum Gasteiger partial charge on any atom is 0.309 e. The van der Waals surface area contributed by atoms with Gasteiger partial charge in [0, 0.05) is 24.2 Å². The largest absolute Gasteiger partial charge is 0.481 e. The molecule has 1 aliphatic heterocycles. The van der Waals surface area contributed by atoms with Crippen LogP contribution < -0.4 is 5.73 Å². The van der Waals surface area contributed by atoms with Gasteiger partial charge in [0.05, 0.1) is 5.41 Å². The predicted octanol–water partition coefficient (Wildman–Crippen LogP) is 1.11. The third-order valence-corrected chi connectivity index (χ3v) is 4.09. The van der Waals surface area contributed by atoms with E-state index in [1.807, 2.05) is 0 Å². The number of nitrogens with two attached hydrogens (primary N) is 1. The zero-order chi connectivity index (χ0) is 15.6. The molecule has 0 atom stereocenters. The molecular formula is C15H18N2O4. The number of piperidine rings is 1. The molecule has 0 radical (unpaired) electrons. The molecule has 6 heteroatoms. The van der Waals surface area contributed by atoms with Crippen LogP contribution in [-0.4, -0.2) is 40.9 Å². The summed E-state index contributed by atoms with van der Waals surface area (Å²) < 4.78 is 0. The van der Waals surface area contributed by atoms with Crippen molar-refractivity contribution in [1.29, 1.82) is 0 Å². The molecule has 2 amide bonds. The number of primary amides is 1. The molecule has 1 aromatic carbocycles. The van der Waals surface area contributed by atoms with Crippen molar-refractivity contribution in [2.75, 3.05) is 13.1 Å². The van der Waals surface area contributed by atoms with E-state index >= 15 is 0 Å². The van der Waals surface area contributed by atoms with E-state index < -0.39 is 17.3 Å². The molecule has 2 rings (SSSR count). The Balaban J connectivity index is 2.05. The highest BCUT2D eigenvalue weighted by Crippen LogP contribution is 2.31. The summed E-state index contributed by atoms with van der Waals surface area (Å²) in [6, 6.07) is 6.16. The maximum atomic E-state index is 12.3. The van der Waals surface area contributed by atoms with Gasteiger partial charge in [-0.15, -0.1) is 0 Å². The SMILES string of the molecule is CC1(C(=O)O)CCN(C(=O)c2ccc(C(N)=O)cc2)CC1. The van der Waals surface area contributed by atoms with E-state index in [1.165, 1.54) is 12.1 Å². The predicted molar refractivity (Wildman–Crippen MR) is 75.8 cm³/mol. The van der Waals surface area contributed by atoms with Gasteiger partial charge in [0.1, 0.15) is 0 Å². The Hall–Kier alpha value is -2.37. The van der Waals surface area contributed by atoms with Crippen molar-refractivity contribution in [3.05, 3.63) is 35.4 Å². The lowest BCUT2D eigenvalue weighted by Gasteiger charge is -2.36. The summed E-state index contributed by atoms with van der Waals surface area (Å²) >= 11 is 0. The first-order valence-corrected chi connectivity index (χ1v) is 6.76. The number of carboxylic acids is 1. The van der Waals surface area contributed by atoms with Gasteiger partial charge in [-0.25, -0.2) is 0 Å². The Morgan fingerprint density at radius 1 is 1.10 bits per heavy atom. The summed E-state index contributed by atoms with van der Waals surface area (Å²) in [7, 11) is 0. The van der Waals surface area contributed by atoms with Crippen molar-refractivity contribution in [3.63, 3.8) is 0 Å². The van der Waals surface area contributed by atoms with Gasteiger partial charge >= 0.3 is 5.97 Å². The van der Waals surface area contributed by atoms with Crippen molar-refractivity contribution in [1.82, 2.24) is 4.90 Å². The lowest BCUT2D eigenvalue weighted by Crippen LogP contribution is -2.45. The van der Waals surface area contributed by atoms with Crippen LogP contribution in [-0.2, 0) is 4.79 Å². The average molecular weight is 290 g/mol. The minimum Gasteiger partial charge on any atom is -0.481 e. The van der Waals surface area contributed by atoms with Gasteiger partial charge in [-0.1, -0.05) is 0 Å². The zero-order valence-corrected chi connectivity index (χ0v) is 11.8. The molecular weight excluding hydrogens is 272 g/mol. The van der Waals surface area contributed by atoms with E-state index in [1.54, 1.807) is 24.0 Å². The third kappa shape index (κ3) is 3.04. The van der Waals surface area contributed by atoms with Crippen LogP contribution in [0, 0.1) is 5.41 Å². The van der Waals surface area contributed by atoms with E-state index in [2.05, 4.69) is 0 Å². The van der Waals surface area contributed by atoms with E-state index in [9.17, 15) is 19.5 Å². The standard InChI is InChI=1S/C15H18N2O4/c1-15(14(20)21)6-8-17(9-7-15)13(19)11-4-2-10(3-5-11)12(16)18/h2-5H,6-9H2,1H3,(H2,16,18)(H,20,21). The lowest BCUT2D eigenvalue weighted by molar-refractivity contribution is -0.150.